The van der Waals surface area contributed by atoms with Crippen LogP contribution in [0, 0.1) is 6.92 Å². The summed E-state index contributed by atoms with van der Waals surface area (Å²) in [5.41, 5.74) is 6.99. The number of aliphatic imine (C=N–C) groups is 1. The highest BCUT2D eigenvalue weighted by molar-refractivity contribution is 6.16. The molecular formula is C26H25N5. The molecule has 3 aromatic carbocycles. The van der Waals surface area contributed by atoms with Crippen LogP contribution >= 0.6 is 0 Å². The van der Waals surface area contributed by atoms with Crippen LogP contribution in [0.4, 0.5) is 0 Å². The van der Waals surface area contributed by atoms with Crippen LogP contribution < -0.4 is 0 Å². The number of hydrogen-bond acceptors (Lipinski definition) is 4. The van der Waals surface area contributed by atoms with Gasteiger partial charge >= 0.3 is 0 Å². The average molecular weight is 408 g/mol. The van der Waals surface area contributed by atoms with Gasteiger partial charge in [0.2, 0.25) is 0 Å². The van der Waals surface area contributed by atoms with E-state index >= 15 is 0 Å². The van der Waals surface area contributed by atoms with Crippen LogP contribution in [-0.2, 0) is 13.1 Å². The molecular weight excluding hydrogens is 382 g/mol. The second-order valence-electron chi connectivity index (χ2n) is 8.69. The van der Waals surface area contributed by atoms with Gasteiger partial charge in [-0.3, -0.25) is 15.0 Å². The lowest BCUT2D eigenvalue weighted by atomic mass is 9.96. The number of aryl methyl sites for hydroxylation is 1. The van der Waals surface area contributed by atoms with Gasteiger partial charge in [0.05, 0.1) is 18.8 Å². The highest BCUT2D eigenvalue weighted by Crippen LogP contribution is 2.29. The van der Waals surface area contributed by atoms with Crippen LogP contribution in [0.25, 0.3) is 22.2 Å². The van der Waals surface area contributed by atoms with Crippen molar-refractivity contribution >= 4 is 16.5 Å². The first-order chi connectivity index (χ1) is 15.2. The van der Waals surface area contributed by atoms with Gasteiger partial charge in [-0.2, -0.15) is 5.10 Å². The molecule has 1 aromatic heterocycles. The minimum atomic E-state index is 0.727. The number of nitrogens with zero attached hydrogens (tertiary/aromatic N) is 4. The van der Waals surface area contributed by atoms with E-state index in [0.29, 0.717) is 0 Å². The van der Waals surface area contributed by atoms with Crippen LogP contribution in [-0.4, -0.2) is 38.9 Å². The molecule has 0 unspecified atom stereocenters. The molecule has 2 aliphatic rings. The molecule has 0 amide bonds. The molecule has 0 aliphatic carbocycles. The first kappa shape index (κ1) is 18.5. The van der Waals surface area contributed by atoms with E-state index in [1.54, 1.807) is 0 Å². The zero-order chi connectivity index (χ0) is 20.8. The molecule has 1 N–H and O–H groups in total. The zero-order valence-electron chi connectivity index (χ0n) is 17.7. The minimum absolute atomic E-state index is 0.727. The van der Waals surface area contributed by atoms with E-state index in [9.17, 15) is 0 Å². The number of benzene rings is 3. The maximum Gasteiger partial charge on any atom is 0.181 e. The summed E-state index contributed by atoms with van der Waals surface area (Å²) in [4.78, 5) is 12.1. The maximum absolute atomic E-state index is 4.87. The summed E-state index contributed by atoms with van der Waals surface area (Å²) in [6, 6.07) is 19.7. The molecule has 0 saturated carbocycles. The molecule has 4 aromatic rings. The van der Waals surface area contributed by atoms with Crippen molar-refractivity contribution in [2.75, 3.05) is 13.1 Å². The van der Waals surface area contributed by atoms with E-state index in [2.05, 4.69) is 76.6 Å². The Morgan fingerprint density at radius 2 is 1.71 bits per heavy atom. The second-order valence-corrected chi connectivity index (χ2v) is 8.69. The Kier molecular flexibility index (Phi) is 4.42. The van der Waals surface area contributed by atoms with Gasteiger partial charge in [-0.1, -0.05) is 48.0 Å². The quantitative estimate of drug-likeness (QED) is 0.525. The monoisotopic (exact) mass is 407 g/mol. The molecule has 0 atom stereocenters. The lowest BCUT2D eigenvalue weighted by Crippen LogP contribution is -2.19. The zero-order valence-corrected chi connectivity index (χ0v) is 17.7. The van der Waals surface area contributed by atoms with Gasteiger partial charge in [-0.15, -0.1) is 0 Å². The number of nitrogens with one attached hydrogen (secondary N) is 1. The molecule has 5 nitrogen and oxygen atoms in total. The van der Waals surface area contributed by atoms with Gasteiger partial charge in [0.15, 0.2) is 5.82 Å². The van der Waals surface area contributed by atoms with Crippen molar-refractivity contribution in [3.63, 3.8) is 0 Å². The Bertz CT molecular complexity index is 1310. The first-order valence-corrected chi connectivity index (χ1v) is 11.1. The van der Waals surface area contributed by atoms with Crippen LogP contribution in [0.1, 0.15) is 40.9 Å². The average Bonchev–Trinajstić information content (AvgIpc) is 3.54. The van der Waals surface area contributed by atoms with Crippen LogP contribution in [0.5, 0.6) is 0 Å². The standard InChI is InChI=1S/C26H25N5/c1-17-4-5-19-13-20(7-6-18(19)12-17)25-23-14-21(8-9-22(23)15-27-25)26-28-24(29-30-26)16-31-10-2-3-11-31/h4-9,12-14H,2-3,10-11,15-16H2,1H3,(H,28,29,30). The number of rotatable bonds is 4. The van der Waals surface area contributed by atoms with Crippen molar-refractivity contribution in [1.82, 2.24) is 20.1 Å². The van der Waals surface area contributed by atoms with Gasteiger partial charge in [-0.25, -0.2) is 4.98 Å². The fourth-order valence-corrected chi connectivity index (χ4v) is 4.73. The van der Waals surface area contributed by atoms with Crippen LogP contribution in [0.15, 0.2) is 59.6 Å². The number of likely N-dealkylation sites (tertiary alicyclic amines) is 1. The highest BCUT2D eigenvalue weighted by atomic mass is 15.3. The predicted molar refractivity (Wildman–Crippen MR) is 124 cm³/mol. The van der Waals surface area contributed by atoms with E-state index in [1.807, 2.05) is 0 Å². The number of aromatic amines is 1. The van der Waals surface area contributed by atoms with Crippen LogP contribution in [0.2, 0.25) is 0 Å². The van der Waals surface area contributed by atoms with E-state index in [4.69, 9.17) is 9.98 Å². The molecule has 154 valence electrons. The topological polar surface area (TPSA) is 57.2 Å². The molecule has 1 saturated heterocycles. The van der Waals surface area contributed by atoms with E-state index in [0.717, 1.165) is 54.7 Å². The molecule has 0 spiro atoms. The summed E-state index contributed by atoms with van der Waals surface area (Å²) in [5, 5.41) is 10.1. The van der Waals surface area contributed by atoms with E-state index in [-0.39, 0.29) is 0 Å². The summed E-state index contributed by atoms with van der Waals surface area (Å²) >= 11 is 0. The molecule has 2 aliphatic heterocycles. The van der Waals surface area contributed by atoms with Crippen molar-refractivity contribution < 1.29 is 0 Å². The normalized spacial score (nSPS) is 16.1. The Hall–Kier alpha value is -3.31. The molecule has 5 heteroatoms. The molecule has 31 heavy (non-hydrogen) atoms. The van der Waals surface area contributed by atoms with Gasteiger partial charge in [0, 0.05) is 16.7 Å². The predicted octanol–water partition coefficient (Wildman–Crippen LogP) is 4.88. The summed E-state index contributed by atoms with van der Waals surface area (Å²) in [7, 11) is 0. The minimum Gasteiger partial charge on any atom is -0.296 e. The van der Waals surface area contributed by atoms with Crippen molar-refractivity contribution in [3.8, 4) is 11.4 Å². The third kappa shape index (κ3) is 3.45. The fourth-order valence-electron chi connectivity index (χ4n) is 4.73. The Morgan fingerprint density at radius 1 is 0.903 bits per heavy atom. The summed E-state index contributed by atoms with van der Waals surface area (Å²) in [6.45, 7) is 6.01. The summed E-state index contributed by atoms with van der Waals surface area (Å²) < 4.78 is 0. The number of aromatic nitrogens is 3. The molecule has 1 fully saturated rings. The van der Waals surface area contributed by atoms with Crippen molar-refractivity contribution in [2.24, 2.45) is 4.99 Å². The maximum atomic E-state index is 4.87. The van der Waals surface area contributed by atoms with Crippen molar-refractivity contribution in [3.05, 3.63) is 82.7 Å². The number of H-pyrrole nitrogens is 1. The molecule has 6 rings (SSSR count). The van der Waals surface area contributed by atoms with E-state index < -0.39 is 0 Å². The Balaban J connectivity index is 1.31. The van der Waals surface area contributed by atoms with Gasteiger partial charge in [0.1, 0.15) is 5.82 Å². The van der Waals surface area contributed by atoms with Crippen molar-refractivity contribution in [1.29, 1.82) is 0 Å². The molecule has 0 bridgehead atoms. The van der Waals surface area contributed by atoms with Gasteiger partial charge in [0.25, 0.3) is 0 Å². The fraction of sp³-hybridized carbons (Fsp3) is 0.269. The lowest BCUT2D eigenvalue weighted by Gasteiger charge is -2.11. The second kappa shape index (κ2) is 7.43. The summed E-state index contributed by atoms with van der Waals surface area (Å²) in [5.74, 6) is 1.70. The SMILES string of the molecule is Cc1ccc2cc(C3=NCc4ccc(-c5n[nH]c(CN6CCCC6)n5)cc43)ccc2c1. The lowest BCUT2D eigenvalue weighted by molar-refractivity contribution is 0.323. The Labute approximate surface area is 181 Å². The third-order valence-corrected chi connectivity index (χ3v) is 6.40. The highest BCUT2D eigenvalue weighted by Gasteiger charge is 2.20. The summed E-state index contributed by atoms with van der Waals surface area (Å²) in [6.07, 6.45) is 2.56. The molecule has 3 heterocycles. The van der Waals surface area contributed by atoms with Crippen LogP contribution in [0.3, 0.4) is 0 Å². The van der Waals surface area contributed by atoms with Crippen molar-refractivity contribution in [2.45, 2.75) is 32.9 Å². The van der Waals surface area contributed by atoms with Gasteiger partial charge in [-0.05, 0) is 61.3 Å². The van der Waals surface area contributed by atoms with E-state index in [1.165, 1.54) is 40.3 Å². The van der Waals surface area contributed by atoms with Gasteiger partial charge < -0.3 is 0 Å². The molecule has 0 radical (unpaired) electrons. The Morgan fingerprint density at radius 3 is 2.61 bits per heavy atom. The number of hydrogen-bond donors (Lipinski definition) is 1. The smallest absolute Gasteiger partial charge is 0.181 e. The largest absolute Gasteiger partial charge is 0.296 e. The third-order valence-electron chi connectivity index (χ3n) is 6.40. The number of fused-ring (bicyclic) bond motifs is 2. The first-order valence-electron chi connectivity index (χ1n) is 11.1.